The number of benzene rings is 1. The minimum atomic E-state index is -0.434. The first-order chi connectivity index (χ1) is 8.66. The van der Waals surface area contributed by atoms with Gasteiger partial charge >= 0.3 is 0 Å². The van der Waals surface area contributed by atoms with Crippen molar-refractivity contribution in [2.45, 2.75) is 25.3 Å². The van der Waals surface area contributed by atoms with Gasteiger partial charge in [0, 0.05) is 23.2 Å². The summed E-state index contributed by atoms with van der Waals surface area (Å²) in [5.74, 6) is -0.632. The topological polar surface area (TPSA) is 41.1 Å². The lowest BCUT2D eigenvalue weighted by molar-refractivity contribution is -0.120. The Bertz CT molecular complexity index is 416. The van der Waals surface area contributed by atoms with Crippen LogP contribution in [0.1, 0.15) is 18.4 Å². The molecule has 0 aromatic heterocycles. The van der Waals surface area contributed by atoms with E-state index in [0.29, 0.717) is 17.6 Å². The van der Waals surface area contributed by atoms with Gasteiger partial charge in [-0.3, -0.25) is 4.79 Å². The summed E-state index contributed by atoms with van der Waals surface area (Å²) in [6.07, 6.45) is 2.19. The molecular formula is C13H17Cl2FN2O. The van der Waals surface area contributed by atoms with Crippen LogP contribution >= 0.6 is 24.0 Å². The molecule has 1 amide bonds. The first-order valence-electron chi connectivity index (χ1n) is 6.10. The summed E-state index contributed by atoms with van der Waals surface area (Å²) in [4.78, 5) is 11.7. The molecule has 1 heterocycles. The molecule has 0 radical (unpaired) electrons. The van der Waals surface area contributed by atoms with Crippen LogP contribution in [0.15, 0.2) is 18.2 Å². The maximum Gasteiger partial charge on any atom is 0.224 e. The van der Waals surface area contributed by atoms with E-state index >= 15 is 0 Å². The number of carbonyl (C=O) groups excluding carboxylic acids is 1. The molecule has 1 unspecified atom stereocenters. The highest BCUT2D eigenvalue weighted by atomic mass is 35.5. The maximum absolute atomic E-state index is 13.5. The van der Waals surface area contributed by atoms with Gasteiger partial charge in [-0.25, -0.2) is 4.39 Å². The summed E-state index contributed by atoms with van der Waals surface area (Å²) in [7, 11) is 0. The zero-order valence-corrected chi connectivity index (χ0v) is 12.0. The second kappa shape index (κ2) is 7.68. The molecule has 2 N–H and O–H groups in total. The van der Waals surface area contributed by atoms with Crippen LogP contribution in [0.25, 0.3) is 0 Å². The zero-order chi connectivity index (χ0) is 13.0. The zero-order valence-electron chi connectivity index (χ0n) is 10.4. The van der Waals surface area contributed by atoms with Crippen LogP contribution in [-0.4, -0.2) is 25.0 Å². The van der Waals surface area contributed by atoms with Gasteiger partial charge in [0.1, 0.15) is 5.82 Å². The van der Waals surface area contributed by atoms with E-state index in [-0.39, 0.29) is 30.3 Å². The molecule has 1 saturated heterocycles. The van der Waals surface area contributed by atoms with Gasteiger partial charge in [0.25, 0.3) is 0 Å². The maximum atomic E-state index is 13.5. The van der Waals surface area contributed by atoms with E-state index in [1.165, 1.54) is 12.1 Å². The molecule has 0 saturated carbocycles. The van der Waals surface area contributed by atoms with Crippen molar-refractivity contribution < 1.29 is 9.18 Å². The molecule has 6 heteroatoms. The Morgan fingerprint density at radius 1 is 1.53 bits per heavy atom. The average molecular weight is 307 g/mol. The van der Waals surface area contributed by atoms with E-state index < -0.39 is 5.82 Å². The highest BCUT2D eigenvalue weighted by Gasteiger charge is 2.16. The van der Waals surface area contributed by atoms with Gasteiger partial charge in [0.05, 0.1) is 6.42 Å². The molecule has 2 rings (SSSR count). The van der Waals surface area contributed by atoms with Gasteiger partial charge in [0.2, 0.25) is 5.91 Å². The predicted molar refractivity (Wildman–Crippen MR) is 76.4 cm³/mol. The van der Waals surface area contributed by atoms with Crippen molar-refractivity contribution in [1.82, 2.24) is 10.6 Å². The van der Waals surface area contributed by atoms with Gasteiger partial charge in [-0.1, -0.05) is 17.7 Å². The van der Waals surface area contributed by atoms with Crippen LogP contribution in [0.4, 0.5) is 4.39 Å². The van der Waals surface area contributed by atoms with E-state index in [0.717, 1.165) is 19.4 Å². The highest BCUT2D eigenvalue weighted by molar-refractivity contribution is 6.31. The van der Waals surface area contributed by atoms with Crippen LogP contribution < -0.4 is 10.6 Å². The number of halogens is 3. The lowest BCUT2D eigenvalue weighted by atomic mass is 10.1. The summed E-state index contributed by atoms with van der Waals surface area (Å²) in [6, 6.07) is 4.77. The molecule has 1 aliphatic heterocycles. The number of carbonyl (C=O) groups is 1. The molecule has 1 aromatic carbocycles. The Kier molecular flexibility index (Phi) is 6.55. The molecule has 1 fully saturated rings. The standard InChI is InChI=1S/C13H16ClFN2O.ClH/c14-11-4-1-5-12(15)10(11)7-13(18)17-8-9-3-2-6-16-9;/h1,4-5,9,16H,2-3,6-8H2,(H,17,18);1H. The average Bonchev–Trinajstić information content (AvgIpc) is 2.84. The van der Waals surface area contributed by atoms with Crippen molar-refractivity contribution in [2.24, 2.45) is 0 Å². The third-order valence-corrected chi connectivity index (χ3v) is 3.46. The van der Waals surface area contributed by atoms with Crippen molar-refractivity contribution in [3.8, 4) is 0 Å². The van der Waals surface area contributed by atoms with Crippen molar-refractivity contribution >= 4 is 29.9 Å². The van der Waals surface area contributed by atoms with Crippen LogP contribution in [0.5, 0.6) is 0 Å². The number of hydrogen-bond donors (Lipinski definition) is 2. The lowest BCUT2D eigenvalue weighted by Crippen LogP contribution is -2.37. The molecule has 19 heavy (non-hydrogen) atoms. The van der Waals surface area contributed by atoms with Crippen molar-refractivity contribution in [3.05, 3.63) is 34.6 Å². The molecule has 0 aliphatic carbocycles. The molecule has 1 atom stereocenters. The van der Waals surface area contributed by atoms with Crippen LogP contribution in [0.3, 0.4) is 0 Å². The first-order valence-corrected chi connectivity index (χ1v) is 6.47. The highest BCUT2D eigenvalue weighted by Crippen LogP contribution is 2.19. The Balaban J connectivity index is 0.00000180. The normalized spacial score (nSPS) is 17.9. The Hall–Kier alpha value is -0.840. The van der Waals surface area contributed by atoms with Gasteiger partial charge in [-0.05, 0) is 31.5 Å². The number of nitrogens with one attached hydrogen (secondary N) is 2. The number of amides is 1. The molecular weight excluding hydrogens is 290 g/mol. The van der Waals surface area contributed by atoms with E-state index in [1.54, 1.807) is 6.07 Å². The van der Waals surface area contributed by atoms with Crippen molar-refractivity contribution in [3.63, 3.8) is 0 Å². The summed E-state index contributed by atoms with van der Waals surface area (Å²) in [5, 5.41) is 6.38. The quantitative estimate of drug-likeness (QED) is 0.896. The third-order valence-electron chi connectivity index (χ3n) is 3.11. The molecule has 0 bridgehead atoms. The fourth-order valence-electron chi connectivity index (χ4n) is 2.09. The molecule has 106 valence electrons. The van der Waals surface area contributed by atoms with E-state index in [9.17, 15) is 9.18 Å². The Morgan fingerprint density at radius 3 is 2.95 bits per heavy atom. The largest absolute Gasteiger partial charge is 0.354 e. The van der Waals surface area contributed by atoms with Crippen LogP contribution in [0.2, 0.25) is 5.02 Å². The first kappa shape index (κ1) is 16.2. The van der Waals surface area contributed by atoms with Crippen LogP contribution in [0, 0.1) is 5.82 Å². The SMILES string of the molecule is Cl.O=C(Cc1c(F)cccc1Cl)NCC1CCCN1. The minimum absolute atomic E-state index is 0. The van der Waals surface area contributed by atoms with Gasteiger partial charge in [0.15, 0.2) is 0 Å². The summed E-state index contributed by atoms with van der Waals surface area (Å²) < 4.78 is 13.5. The van der Waals surface area contributed by atoms with E-state index in [1.807, 2.05) is 0 Å². The second-order valence-corrected chi connectivity index (χ2v) is 4.88. The fraction of sp³-hybridized carbons (Fsp3) is 0.462. The molecule has 3 nitrogen and oxygen atoms in total. The number of rotatable bonds is 4. The van der Waals surface area contributed by atoms with E-state index in [4.69, 9.17) is 11.6 Å². The third kappa shape index (κ3) is 4.64. The smallest absolute Gasteiger partial charge is 0.224 e. The van der Waals surface area contributed by atoms with Gasteiger partial charge in [-0.2, -0.15) is 0 Å². The number of hydrogen-bond acceptors (Lipinski definition) is 2. The van der Waals surface area contributed by atoms with Gasteiger partial charge < -0.3 is 10.6 Å². The van der Waals surface area contributed by atoms with Crippen molar-refractivity contribution in [2.75, 3.05) is 13.1 Å². The summed E-state index contributed by atoms with van der Waals surface area (Å²) >= 11 is 5.87. The fourth-order valence-corrected chi connectivity index (χ4v) is 2.32. The van der Waals surface area contributed by atoms with Gasteiger partial charge in [-0.15, -0.1) is 12.4 Å². The van der Waals surface area contributed by atoms with Crippen molar-refractivity contribution in [1.29, 1.82) is 0 Å². The Morgan fingerprint density at radius 2 is 2.32 bits per heavy atom. The summed E-state index contributed by atoms with van der Waals surface area (Å²) in [6.45, 7) is 1.59. The van der Waals surface area contributed by atoms with Crippen LogP contribution in [-0.2, 0) is 11.2 Å². The monoisotopic (exact) mass is 306 g/mol. The predicted octanol–water partition coefficient (Wildman–Crippen LogP) is 2.31. The lowest BCUT2D eigenvalue weighted by Gasteiger charge is -2.12. The summed E-state index contributed by atoms with van der Waals surface area (Å²) in [5.41, 5.74) is 0.260. The molecule has 1 aliphatic rings. The van der Waals surface area contributed by atoms with E-state index in [2.05, 4.69) is 10.6 Å². The Labute approximate surface area is 123 Å². The molecule has 1 aromatic rings. The minimum Gasteiger partial charge on any atom is -0.354 e. The second-order valence-electron chi connectivity index (χ2n) is 4.47. The molecule has 0 spiro atoms.